The Kier molecular flexibility index (Phi) is 1.69. The summed E-state index contributed by atoms with van der Waals surface area (Å²) in [4.78, 5) is 10.5. The van der Waals surface area contributed by atoms with Crippen molar-refractivity contribution in [1.82, 2.24) is 5.32 Å². The maximum absolute atomic E-state index is 12.1. The average molecular weight is 131 g/mol. The van der Waals surface area contributed by atoms with Crippen molar-refractivity contribution in [2.24, 2.45) is 0 Å². The number of amides is 1. The Balaban J connectivity index is 2.12. The Bertz CT molecular complexity index is 126. The zero-order chi connectivity index (χ0) is 6.85. The quantitative estimate of drug-likeness (QED) is 0.585. The molecule has 1 aliphatic carbocycles. The zero-order valence-electron chi connectivity index (χ0n) is 5.36. The molecule has 1 fully saturated rings. The summed E-state index contributed by atoms with van der Waals surface area (Å²) in [5, 5.41) is 2.54. The summed E-state index contributed by atoms with van der Waals surface area (Å²) in [5.41, 5.74) is 0. The van der Waals surface area contributed by atoms with Gasteiger partial charge in [-0.3, -0.25) is 4.79 Å². The Morgan fingerprint density at radius 3 is 2.78 bits per heavy atom. The van der Waals surface area contributed by atoms with E-state index in [9.17, 15) is 9.18 Å². The van der Waals surface area contributed by atoms with Crippen LogP contribution in [0.4, 0.5) is 4.39 Å². The summed E-state index contributed by atoms with van der Waals surface area (Å²) < 4.78 is 12.1. The second kappa shape index (κ2) is 2.33. The molecule has 0 spiro atoms. The molecule has 1 saturated carbocycles. The minimum absolute atomic E-state index is 0.0554. The molecule has 2 atom stereocenters. The molecule has 0 bridgehead atoms. The van der Waals surface area contributed by atoms with Gasteiger partial charge in [0.05, 0.1) is 6.04 Å². The van der Waals surface area contributed by atoms with E-state index in [0.29, 0.717) is 12.8 Å². The number of rotatable bonds is 2. The van der Waals surface area contributed by atoms with Gasteiger partial charge in [0.1, 0.15) is 6.17 Å². The molecule has 1 amide bonds. The van der Waals surface area contributed by atoms with Crippen LogP contribution in [-0.2, 0) is 4.79 Å². The summed E-state index contributed by atoms with van der Waals surface area (Å²) in [5.74, 6) is -0.0554. The van der Waals surface area contributed by atoms with Gasteiger partial charge in [-0.2, -0.15) is 0 Å². The third-order valence-electron chi connectivity index (χ3n) is 1.38. The number of hydrogen-bond donors (Lipinski definition) is 1. The molecule has 0 aromatic carbocycles. The molecule has 1 N–H and O–H groups in total. The lowest BCUT2D eigenvalue weighted by molar-refractivity contribution is -0.121. The van der Waals surface area contributed by atoms with Crippen LogP contribution in [0.5, 0.6) is 0 Å². The standard InChI is InChI=1S/C6H10FNO/c1-2-6(9)8-5-3-4(5)7/h4-5H,2-3H2,1H3,(H,8,9). The maximum Gasteiger partial charge on any atom is 0.220 e. The zero-order valence-corrected chi connectivity index (χ0v) is 5.36. The SMILES string of the molecule is CCC(=O)NC1CC1F. The largest absolute Gasteiger partial charge is 0.350 e. The molecule has 0 aliphatic heterocycles. The number of carbonyl (C=O) groups excluding carboxylic acids is 1. The maximum atomic E-state index is 12.1. The van der Waals surface area contributed by atoms with Crippen LogP contribution in [0.3, 0.4) is 0 Å². The lowest BCUT2D eigenvalue weighted by Crippen LogP contribution is -2.25. The van der Waals surface area contributed by atoms with Gasteiger partial charge < -0.3 is 5.32 Å². The van der Waals surface area contributed by atoms with Gasteiger partial charge in [-0.1, -0.05) is 6.92 Å². The fourth-order valence-electron chi connectivity index (χ4n) is 0.622. The number of carbonyl (C=O) groups is 1. The lowest BCUT2D eigenvalue weighted by Gasteiger charge is -1.96. The van der Waals surface area contributed by atoms with Crippen LogP contribution in [0.15, 0.2) is 0 Å². The van der Waals surface area contributed by atoms with Gasteiger partial charge in [0.15, 0.2) is 0 Å². The van der Waals surface area contributed by atoms with E-state index < -0.39 is 6.17 Å². The topological polar surface area (TPSA) is 29.1 Å². The first kappa shape index (κ1) is 6.52. The monoisotopic (exact) mass is 131 g/mol. The van der Waals surface area contributed by atoms with Crippen LogP contribution in [0.1, 0.15) is 19.8 Å². The van der Waals surface area contributed by atoms with Crippen molar-refractivity contribution in [2.45, 2.75) is 32.0 Å². The molecule has 9 heavy (non-hydrogen) atoms. The summed E-state index contributed by atoms with van der Waals surface area (Å²) >= 11 is 0. The molecule has 0 aromatic heterocycles. The average Bonchev–Trinajstić information content (AvgIpc) is 2.47. The van der Waals surface area contributed by atoms with Crippen molar-refractivity contribution in [3.63, 3.8) is 0 Å². The second-order valence-corrected chi connectivity index (χ2v) is 2.28. The first-order chi connectivity index (χ1) is 4.24. The van der Waals surface area contributed by atoms with E-state index in [4.69, 9.17) is 0 Å². The van der Waals surface area contributed by atoms with Crippen molar-refractivity contribution in [2.75, 3.05) is 0 Å². The van der Waals surface area contributed by atoms with Crippen LogP contribution in [0, 0.1) is 0 Å². The molecule has 0 aromatic rings. The number of halogens is 1. The minimum Gasteiger partial charge on any atom is -0.350 e. The molecule has 1 rings (SSSR count). The molecule has 52 valence electrons. The van der Waals surface area contributed by atoms with Gasteiger partial charge in [0, 0.05) is 12.8 Å². The third-order valence-corrected chi connectivity index (χ3v) is 1.38. The highest BCUT2D eigenvalue weighted by molar-refractivity contribution is 5.76. The van der Waals surface area contributed by atoms with E-state index >= 15 is 0 Å². The predicted molar refractivity (Wildman–Crippen MR) is 31.7 cm³/mol. The van der Waals surface area contributed by atoms with Gasteiger partial charge in [0.2, 0.25) is 5.91 Å². The molecule has 3 heteroatoms. The van der Waals surface area contributed by atoms with E-state index in [1.54, 1.807) is 6.92 Å². The fourth-order valence-corrected chi connectivity index (χ4v) is 0.622. The molecule has 0 heterocycles. The number of alkyl halides is 1. The summed E-state index contributed by atoms with van der Waals surface area (Å²) in [6.07, 6.45) is 0.176. The van der Waals surface area contributed by atoms with Gasteiger partial charge in [-0.05, 0) is 0 Å². The molecule has 2 nitrogen and oxygen atoms in total. The predicted octanol–water partition coefficient (Wildman–Crippen LogP) is 0.623. The van der Waals surface area contributed by atoms with Crippen molar-refractivity contribution in [3.8, 4) is 0 Å². The lowest BCUT2D eigenvalue weighted by atomic mass is 10.4. The first-order valence-corrected chi connectivity index (χ1v) is 3.17. The Morgan fingerprint density at radius 1 is 1.89 bits per heavy atom. The van der Waals surface area contributed by atoms with Crippen molar-refractivity contribution < 1.29 is 9.18 Å². The van der Waals surface area contributed by atoms with E-state index in [1.165, 1.54) is 0 Å². The summed E-state index contributed by atoms with van der Waals surface area (Å²) in [7, 11) is 0. The van der Waals surface area contributed by atoms with Crippen LogP contribution in [0.2, 0.25) is 0 Å². The number of hydrogen-bond acceptors (Lipinski definition) is 1. The Hall–Kier alpha value is -0.600. The Labute approximate surface area is 53.4 Å². The molecule has 2 unspecified atom stereocenters. The van der Waals surface area contributed by atoms with Crippen LogP contribution >= 0.6 is 0 Å². The number of nitrogens with one attached hydrogen (secondary N) is 1. The van der Waals surface area contributed by atoms with E-state index in [1.807, 2.05) is 0 Å². The molecule has 0 radical (unpaired) electrons. The normalized spacial score (nSPS) is 31.8. The molecular formula is C6H10FNO. The van der Waals surface area contributed by atoms with E-state index in [-0.39, 0.29) is 11.9 Å². The van der Waals surface area contributed by atoms with Crippen LogP contribution < -0.4 is 5.32 Å². The third kappa shape index (κ3) is 1.66. The highest BCUT2D eigenvalue weighted by Crippen LogP contribution is 2.24. The van der Waals surface area contributed by atoms with E-state index in [0.717, 1.165) is 0 Å². The molecular weight excluding hydrogens is 121 g/mol. The smallest absolute Gasteiger partial charge is 0.220 e. The van der Waals surface area contributed by atoms with Crippen LogP contribution in [-0.4, -0.2) is 18.1 Å². The summed E-state index contributed by atoms with van der Waals surface area (Å²) in [6.45, 7) is 1.75. The van der Waals surface area contributed by atoms with Crippen LogP contribution in [0.25, 0.3) is 0 Å². The molecule has 0 saturated heterocycles. The first-order valence-electron chi connectivity index (χ1n) is 3.17. The van der Waals surface area contributed by atoms with Crippen molar-refractivity contribution >= 4 is 5.91 Å². The second-order valence-electron chi connectivity index (χ2n) is 2.28. The van der Waals surface area contributed by atoms with Gasteiger partial charge in [-0.15, -0.1) is 0 Å². The van der Waals surface area contributed by atoms with Gasteiger partial charge in [0.25, 0.3) is 0 Å². The minimum atomic E-state index is -0.777. The highest BCUT2D eigenvalue weighted by Gasteiger charge is 2.38. The van der Waals surface area contributed by atoms with Gasteiger partial charge in [-0.25, -0.2) is 4.39 Å². The van der Waals surface area contributed by atoms with Crippen molar-refractivity contribution in [1.29, 1.82) is 0 Å². The van der Waals surface area contributed by atoms with Crippen molar-refractivity contribution in [3.05, 3.63) is 0 Å². The highest BCUT2D eigenvalue weighted by atomic mass is 19.1. The molecule has 1 aliphatic rings. The van der Waals surface area contributed by atoms with Gasteiger partial charge >= 0.3 is 0 Å². The summed E-state index contributed by atoms with van der Waals surface area (Å²) in [6, 6.07) is -0.169. The fraction of sp³-hybridized carbons (Fsp3) is 0.833. The van der Waals surface area contributed by atoms with E-state index in [2.05, 4.69) is 5.32 Å². The Morgan fingerprint density at radius 2 is 2.44 bits per heavy atom.